The average molecular weight is 292 g/mol. The lowest BCUT2D eigenvalue weighted by molar-refractivity contribution is -0.686. The Morgan fingerprint density at radius 3 is 2.55 bits per heavy atom. The number of aromatic amines is 1. The Hall–Kier alpha value is -2.39. The topological polar surface area (TPSA) is 45.3 Å². The maximum Gasteiger partial charge on any atom is 0.105 e. The molecule has 0 fully saturated rings. The highest BCUT2D eigenvalue weighted by Crippen LogP contribution is 2.23. The van der Waals surface area contributed by atoms with E-state index in [2.05, 4.69) is 77.9 Å². The maximum absolute atomic E-state index is 4.23. The zero-order valence-corrected chi connectivity index (χ0v) is 13.1. The number of nitrogens with zero attached hydrogens (tertiary/aromatic N) is 1. The van der Waals surface area contributed by atoms with Crippen molar-refractivity contribution in [1.82, 2.24) is 10.2 Å². The Kier molecular flexibility index (Phi) is 4.35. The van der Waals surface area contributed by atoms with Crippen molar-refractivity contribution in [2.24, 2.45) is 0 Å². The van der Waals surface area contributed by atoms with Gasteiger partial charge in [-0.15, -0.1) is 0 Å². The van der Waals surface area contributed by atoms with Crippen LogP contribution in [0.1, 0.15) is 22.3 Å². The number of nitrogens with one attached hydrogen (secondary N) is 1. The summed E-state index contributed by atoms with van der Waals surface area (Å²) < 4.78 is 0. The summed E-state index contributed by atoms with van der Waals surface area (Å²) in [5, 5.41) is 9.69. The molecule has 0 aliphatic carbocycles. The summed E-state index contributed by atoms with van der Waals surface area (Å²) in [5.74, 6) is 0. The molecule has 3 nitrogen and oxygen atoms in total. The van der Waals surface area contributed by atoms with Crippen molar-refractivity contribution < 1.29 is 5.32 Å². The zero-order chi connectivity index (χ0) is 15.4. The van der Waals surface area contributed by atoms with Crippen LogP contribution in [0.2, 0.25) is 0 Å². The van der Waals surface area contributed by atoms with Gasteiger partial charge in [-0.25, -0.2) is 0 Å². The van der Waals surface area contributed by atoms with Crippen molar-refractivity contribution >= 4 is 0 Å². The van der Waals surface area contributed by atoms with Crippen LogP contribution in [-0.4, -0.2) is 10.2 Å². The average Bonchev–Trinajstić information content (AvgIpc) is 3.00. The minimum atomic E-state index is 0.924. The monoisotopic (exact) mass is 292 g/mol. The van der Waals surface area contributed by atoms with Gasteiger partial charge in [0.25, 0.3) is 0 Å². The first kappa shape index (κ1) is 14.5. The minimum Gasteiger partial charge on any atom is -0.339 e. The molecule has 3 rings (SSSR count). The molecule has 3 heteroatoms. The highest BCUT2D eigenvalue weighted by Gasteiger charge is 2.10. The van der Waals surface area contributed by atoms with Crippen molar-refractivity contribution in [2.45, 2.75) is 26.9 Å². The molecule has 1 heterocycles. The van der Waals surface area contributed by atoms with E-state index < -0.39 is 0 Å². The van der Waals surface area contributed by atoms with Gasteiger partial charge >= 0.3 is 0 Å². The quantitative estimate of drug-likeness (QED) is 0.746. The molecule has 3 aromatic rings. The predicted octanol–water partition coefficient (Wildman–Crippen LogP) is 2.96. The van der Waals surface area contributed by atoms with Crippen molar-refractivity contribution in [1.29, 1.82) is 0 Å². The third-order valence-corrected chi connectivity index (χ3v) is 4.10. The number of quaternary nitrogens is 1. The number of aryl methyl sites for hydroxylation is 2. The summed E-state index contributed by atoms with van der Waals surface area (Å²) in [6, 6.07) is 17.1. The predicted molar refractivity (Wildman–Crippen MR) is 89.3 cm³/mol. The van der Waals surface area contributed by atoms with Crippen LogP contribution in [0.3, 0.4) is 0 Å². The Labute approximate surface area is 131 Å². The molecule has 0 spiro atoms. The van der Waals surface area contributed by atoms with E-state index in [9.17, 15) is 0 Å². The van der Waals surface area contributed by atoms with E-state index in [4.69, 9.17) is 0 Å². The van der Waals surface area contributed by atoms with Crippen molar-refractivity contribution in [3.05, 3.63) is 77.0 Å². The van der Waals surface area contributed by atoms with Crippen LogP contribution in [0, 0.1) is 13.8 Å². The van der Waals surface area contributed by atoms with Gasteiger partial charge in [0.05, 0.1) is 17.5 Å². The van der Waals surface area contributed by atoms with E-state index in [1.54, 1.807) is 0 Å². The van der Waals surface area contributed by atoms with Crippen molar-refractivity contribution in [3.63, 3.8) is 0 Å². The molecule has 3 N–H and O–H groups in total. The fourth-order valence-electron chi connectivity index (χ4n) is 2.62. The molecule has 0 radical (unpaired) electrons. The normalized spacial score (nSPS) is 10.8. The molecule has 1 aromatic heterocycles. The molecule has 0 atom stereocenters. The summed E-state index contributed by atoms with van der Waals surface area (Å²) in [6.45, 7) is 6.20. The lowest BCUT2D eigenvalue weighted by Crippen LogP contribution is -2.80. The summed E-state index contributed by atoms with van der Waals surface area (Å²) >= 11 is 0. The fraction of sp³-hybridized carbons (Fsp3) is 0.211. The number of hydrogen-bond donors (Lipinski definition) is 2. The summed E-state index contributed by atoms with van der Waals surface area (Å²) in [5.41, 5.74) is 7.57. The van der Waals surface area contributed by atoms with E-state index in [0.717, 1.165) is 18.8 Å². The molecule has 0 bridgehead atoms. The smallest absolute Gasteiger partial charge is 0.105 e. The highest BCUT2D eigenvalue weighted by molar-refractivity contribution is 5.63. The molecule has 112 valence electrons. The summed E-state index contributed by atoms with van der Waals surface area (Å²) in [6.07, 6.45) is 1.94. The number of nitrogens with two attached hydrogens (primary N) is 1. The van der Waals surface area contributed by atoms with E-state index >= 15 is 0 Å². The molecule has 0 aliphatic rings. The Morgan fingerprint density at radius 2 is 1.77 bits per heavy atom. The van der Waals surface area contributed by atoms with Gasteiger partial charge in [0.2, 0.25) is 0 Å². The lowest BCUT2D eigenvalue weighted by Gasteiger charge is -2.06. The van der Waals surface area contributed by atoms with Crippen molar-refractivity contribution in [2.75, 3.05) is 0 Å². The third kappa shape index (κ3) is 3.26. The van der Waals surface area contributed by atoms with Crippen LogP contribution in [-0.2, 0) is 13.1 Å². The molecule has 22 heavy (non-hydrogen) atoms. The van der Waals surface area contributed by atoms with Crippen LogP contribution in [0.5, 0.6) is 0 Å². The molecule has 0 saturated carbocycles. The fourth-order valence-corrected chi connectivity index (χ4v) is 2.62. The van der Waals surface area contributed by atoms with Crippen molar-refractivity contribution in [3.8, 4) is 11.3 Å². The van der Waals surface area contributed by atoms with Gasteiger partial charge in [-0.05, 0) is 31.0 Å². The second kappa shape index (κ2) is 6.58. The first-order chi connectivity index (χ1) is 10.7. The molecule has 0 amide bonds. The summed E-state index contributed by atoms with van der Waals surface area (Å²) in [7, 11) is 0. The van der Waals surface area contributed by atoms with E-state index in [-0.39, 0.29) is 0 Å². The van der Waals surface area contributed by atoms with Crippen LogP contribution < -0.4 is 5.32 Å². The number of benzene rings is 2. The van der Waals surface area contributed by atoms with Gasteiger partial charge in [0.15, 0.2) is 0 Å². The van der Waals surface area contributed by atoms with Crippen LogP contribution in [0.4, 0.5) is 0 Å². The molecule has 0 unspecified atom stereocenters. The van der Waals surface area contributed by atoms with E-state index in [1.807, 2.05) is 6.20 Å². The first-order valence-electron chi connectivity index (χ1n) is 7.69. The molecule has 0 aliphatic heterocycles. The van der Waals surface area contributed by atoms with Gasteiger partial charge in [-0.2, -0.15) is 5.10 Å². The highest BCUT2D eigenvalue weighted by atomic mass is 15.1. The summed E-state index contributed by atoms with van der Waals surface area (Å²) in [4.78, 5) is 0. The number of rotatable bonds is 5. The van der Waals surface area contributed by atoms with E-state index in [0.29, 0.717) is 0 Å². The van der Waals surface area contributed by atoms with Crippen LogP contribution in [0.25, 0.3) is 11.3 Å². The standard InChI is InChI=1S/C19H21N3/c1-14-8-9-17(10-15(14)2)19-18(13-21-22-19)12-20-11-16-6-4-3-5-7-16/h3-10,13,20H,11-12H2,1-2H3,(H,21,22)/p+1. The SMILES string of the molecule is Cc1ccc(-c2[nH]ncc2C[NH2+]Cc2ccccc2)cc1C. The van der Waals surface area contributed by atoms with E-state index in [1.165, 1.54) is 27.8 Å². The Balaban J connectivity index is 1.71. The molecule has 0 saturated heterocycles. The van der Waals surface area contributed by atoms with Gasteiger partial charge in [0, 0.05) is 11.1 Å². The van der Waals surface area contributed by atoms with Gasteiger partial charge < -0.3 is 5.32 Å². The zero-order valence-electron chi connectivity index (χ0n) is 13.1. The van der Waals surface area contributed by atoms with Crippen LogP contribution in [0.15, 0.2) is 54.7 Å². The Bertz CT molecular complexity index is 744. The van der Waals surface area contributed by atoms with Gasteiger partial charge in [-0.1, -0.05) is 42.5 Å². The number of H-pyrrole nitrogens is 1. The molecule has 2 aromatic carbocycles. The Morgan fingerprint density at radius 1 is 0.955 bits per heavy atom. The maximum atomic E-state index is 4.23. The first-order valence-corrected chi connectivity index (χ1v) is 7.69. The second-order valence-electron chi connectivity index (χ2n) is 5.75. The second-order valence-corrected chi connectivity index (χ2v) is 5.75. The van der Waals surface area contributed by atoms with Gasteiger partial charge in [0.1, 0.15) is 13.1 Å². The third-order valence-electron chi connectivity index (χ3n) is 4.10. The number of hydrogen-bond acceptors (Lipinski definition) is 1. The lowest BCUT2D eigenvalue weighted by atomic mass is 10.0. The van der Waals surface area contributed by atoms with Gasteiger partial charge in [-0.3, -0.25) is 5.10 Å². The molecular weight excluding hydrogens is 270 g/mol. The minimum absolute atomic E-state index is 0.924. The van der Waals surface area contributed by atoms with Crippen LogP contribution >= 0.6 is 0 Å². The largest absolute Gasteiger partial charge is 0.339 e. The number of aromatic nitrogens is 2. The molecular formula is C19H22N3+.